The van der Waals surface area contributed by atoms with Gasteiger partial charge in [0.1, 0.15) is 5.69 Å². The van der Waals surface area contributed by atoms with Gasteiger partial charge in [-0.2, -0.15) is 0 Å². The first-order valence-corrected chi connectivity index (χ1v) is 4.52. The number of nitrogens with zero attached hydrogens (tertiary/aromatic N) is 1. The number of hydrogen-bond donors (Lipinski definition) is 1. The van der Waals surface area contributed by atoms with E-state index in [1.54, 1.807) is 19.1 Å². The molecule has 0 radical (unpaired) electrons. The Morgan fingerprint density at radius 1 is 1.60 bits per heavy atom. The molecular weight excluding hydrogens is 192 g/mol. The van der Waals surface area contributed by atoms with Crippen molar-refractivity contribution < 1.29 is 4.92 Å². The third-order valence-electron chi connectivity index (χ3n) is 1.97. The molecule has 0 amide bonds. The Bertz CT molecular complexity index is 421. The molecule has 0 aliphatic carbocycles. The summed E-state index contributed by atoms with van der Waals surface area (Å²) in [5, 5.41) is 13.6. The predicted molar refractivity (Wildman–Crippen MR) is 59.8 cm³/mol. The maximum atomic E-state index is 10.7. The molecule has 0 aromatic heterocycles. The van der Waals surface area contributed by atoms with Gasteiger partial charge in [0.2, 0.25) is 0 Å². The van der Waals surface area contributed by atoms with Gasteiger partial charge in [0.25, 0.3) is 5.69 Å². The van der Waals surface area contributed by atoms with Crippen LogP contribution in [-0.4, -0.2) is 11.0 Å². The van der Waals surface area contributed by atoms with Gasteiger partial charge in [-0.05, 0) is 25.5 Å². The largest absolute Gasteiger partial charge is 0.366 e. The SMILES string of the molecule is C#CC(C)Nc1cc(C)ccc1[N+](=O)[O-]. The highest BCUT2D eigenvalue weighted by molar-refractivity contribution is 5.63. The Labute approximate surface area is 88.5 Å². The van der Waals surface area contributed by atoms with Crippen molar-refractivity contribution in [2.24, 2.45) is 0 Å². The quantitative estimate of drug-likeness (QED) is 0.467. The minimum absolute atomic E-state index is 0.0442. The van der Waals surface area contributed by atoms with E-state index in [1.807, 2.05) is 6.92 Å². The highest BCUT2D eigenvalue weighted by atomic mass is 16.6. The number of rotatable bonds is 3. The van der Waals surface area contributed by atoms with Gasteiger partial charge in [0, 0.05) is 6.07 Å². The topological polar surface area (TPSA) is 55.2 Å². The minimum atomic E-state index is -0.426. The molecule has 0 aliphatic heterocycles. The van der Waals surface area contributed by atoms with E-state index in [1.165, 1.54) is 6.07 Å². The van der Waals surface area contributed by atoms with Gasteiger partial charge in [0.15, 0.2) is 0 Å². The van der Waals surface area contributed by atoms with Gasteiger partial charge in [-0.15, -0.1) is 6.42 Å². The van der Waals surface area contributed by atoms with Crippen LogP contribution in [0.1, 0.15) is 12.5 Å². The van der Waals surface area contributed by atoms with Crippen LogP contribution in [-0.2, 0) is 0 Å². The molecule has 78 valence electrons. The average molecular weight is 204 g/mol. The van der Waals surface area contributed by atoms with E-state index in [-0.39, 0.29) is 11.7 Å². The first-order chi connectivity index (χ1) is 7.04. The van der Waals surface area contributed by atoms with E-state index in [0.717, 1.165) is 5.56 Å². The fourth-order valence-electron chi connectivity index (χ4n) is 1.20. The van der Waals surface area contributed by atoms with Gasteiger partial charge < -0.3 is 5.32 Å². The number of nitro groups is 1. The molecule has 0 fully saturated rings. The molecule has 1 unspecified atom stereocenters. The van der Waals surface area contributed by atoms with Crippen molar-refractivity contribution in [3.05, 3.63) is 33.9 Å². The number of nitrogens with one attached hydrogen (secondary N) is 1. The molecule has 4 heteroatoms. The summed E-state index contributed by atoms with van der Waals surface area (Å²) < 4.78 is 0. The molecule has 0 heterocycles. The first kappa shape index (κ1) is 11.1. The maximum absolute atomic E-state index is 10.7. The Balaban J connectivity index is 3.08. The molecule has 1 aromatic rings. The standard InChI is InChI=1S/C11H12N2O2/c1-4-9(3)12-10-7-8(2)5-6-11(10)13(14)15/h1,5-7,9,12H,2-3H3. The summed E-state index contributed by atoms with van der Waals surface area (Å²) in [7, 11) is 0. The molecule has 1 N–H and O–H groups in total. The highest BCUT2D eigenvalue weighted by Gasteiger charge is 2.14. The molecule has 1 atom stereocenters. The van der Waals surface area contributed by atoms with Gasteiger partial charge in [-0.1, -0.05) is 12.0 Å². The van der Waals surface area contributed by atoms with Crippen molar-refractivity contribution in [3.8, 4) is 12.3 Å². The maximum Gasteiger partial charge on any atom is 0.292 e. The molecule has 0 saturated heterocycles. The zero-order chi connectivity index (χ0) is 11.4. The number of anilines is 1. The molecule has 0 aliphatic rings. The Hall–Kier alpha value is -2.02. The number of hydrogen-bond acceptors (Lipinski definition) is 3. The monoisotopic (exact) mass is 204 g/mol. The second-order valence-electron chi connectivity index (χ2n) is 3.31. The molecule has 0 saturated carbocycles. The van der Waals surface area contributed by atoms with Gasteiger partial charge in [0.05, 0.1) is 11.0 Å². The number of nitro benzene ring substituents is 1. The van der Waals surface area contributed by atoms with Crippen LogP contribution in [0.4, 0.5) is 11.4 Å². The van der Waals surface area contributed by atoms with Crippen LogP contribution in [0.5, 0.6) is 0 Å². The lowest BCUT2D eigenvalue weighted by molar-refractivity contribution is -0.384. The second kappa shape index (κ2) is 4.47. The van der Waals surface area contributed by atoms with E-state index in [4.69, 9.17) is 6.42 Å². The fourth-order valence-corrected chi connectivity index (χ4v) is 1.20. The molecule has 1 rings (SSSR count). The Kier molecular flexibility index (Phi) is 3.29. The smallest absolute Gasteiger partial charge is 0.292 e. The summed E-state index contributed by atoms with van der Waals surface area (Å²) in [6.07, 6.45) is 5.20. The lowest BCUT2D eigenvalue weighted by atomic mass is 10.2. The molecule has 0 spiro atoms. The van der Waals surface area contributed by atoms with Crippen molar-refractivity contribution in [1.82, 2.24) is 0 Å². The zero-order valence-corrected chi connectivity index (χ0v) is 8.65. The number of aryl methyl sites for hydroxylation is 1. The summed E-state index contributed by atoms with van der Waals surface area (Å²) in [5.41, 5.74) is 1.46. The molecule has 15 heavy (non-hydrogen) atoms. The van der Waals surface area contributed by atoms with E-state index in [2.05, 4.69) is 11.2 Å². The van der Waals surface area contributed by atoms with Gasteiger partial charge >= 0.3 is 0 Å². The van der Waals surface area contributed by atoms with Crippen LogP contribution >= 0.6 is 0 Å². The minimum Gasteiger partial charge on any atom is -0.366 e. The normalized spacial score (nSPS) is 11.5. The summed E-state index contributed by atoms with van der Waals surface area (Å²) in [4.78, 5) is 10.3. The second-order valence-corrected chi connectivity index (χ2v) is 3.31. The molecular formula is C11H12N2O2. The zero-order valence-electron chi connectivity index (χ0n) is 8.65. The third kappa shape index (κ3) is 2.71. The summed E-state index contributed by atoms with van der Waals surface area (Å²) in [5.74, 6) is 2.47. The molecule has 1 aromatic carbocycles. The first-order valence-electron chi connectivity index (χ1n) is 4.52. The van der Waals surface area contributed by atoms with E-state index in [9.17, 15) is 10.1 Å². The van der Waals surface area contributed by atoms with Gasteiger partial charge in [-0.3, -0.25) is 10.1 Å². The highest BCUT2D eigenvalue weighted by Crippen LogP contribution is 2.25. The van der Waals surface area contributed by atoms with Crippen molar-refractivity contribution in [1.29, 1.82) is 0 Å². The lowest BCUT2D eigenvalue weighted by Gasteiger charge is -2.10. The number of benzene rings is 1. The molecule has 4 nitrogen and oxygen atoms in total. The van der Waals surface area contributed by atoms with E-state index >= 15 is 0 Å². The average Bonchev–Trinajstić information content (AvgIpc) is 2.17. The lowest BCUT2D eigenvalue weighted by Crippen LogP contribution is -2.13. The van der Waals surface area contributed by atoms with Crippen LogP contribution < -0.4 is 5.32 Å². The van der Waals surface area contributed by atoms with Crippen LogP contribution in [0.3, 0.4) is 0 Å². The predicted octanol–water partition coefficient (Wildman–Crippen LogP) is 2.34. The molecule has 0 bridgehead atoms. The van der Waals surface area contributed by atoms with Crippen molar-refractivity contribution in [2.75, 3.05) is 5.32 Å². The third-order valence-corrected chi connectivity index (χ3v) is 1.97. The van der Waals surface area contributed by atoms with Gasteiger partial charge in [-0.25, -0.2) is 0 Å². The number of terminal acetylenes is 1. The van der Waals surface area contributed by atoms with Crippen LogP contribution in [0.2, 0.25) is 0 Å². The Morgan fingerprint density at radius 3 is 2.80 bits per heavy atom. The van der Waals surface area contributed by atoms with E-state index < -0.39 is 4.92 Å². The summed E-state index contributed by atoms with van der Waals surface area (Å²) in [6, 6.07) is 4.65. The van der Waals surface area contributed by atoms with Crippen molar-refractivity contribution in [3.63, 3.8) is 0 Å². The van der Waals surface area contributed by atoms with Crippen LogP contribution in [0.15, 0.2) is 18.2 Å². The summed E-state index contributed by atoms with van der Waals surface area (Å²) >= 11 is 0. The Morgan fingerprint density at radius 2 is 2.27 bits per heavy atom. The van der Waals surface area contributed by atoms with Crippen molar-refractivity contribution in [2.45, 2.75) is 19.9 Å². The van der Waals surface area contributed by atoms with E-state index in [0.29, 0.717) is 5.69 Å². The van der Waals surface area contributed by atoms with Crippen molar-refractivity contribution >= 4 is 11.4 Å². The van der Waals surface area contributed by atoms with Crippen LogP contribution in [0.25, 0.3) is 0 Å². The summed E-state index contributed by atoms with van der Waals surface area (Å²) in [6.45, 7) is 3.64. The van der Waals surface area contributed by atoms with Crippen LogP contribution in [0, 0.1) is 29.4 Å². The fraction of sp³-hybridized carbons (Fsp3) is 0.273.